The number of nitrogens with zero attached hydrogens (tertiary/aromatic N) is 2. The second kappa shape index (κ2) is 5.68. The minimum Gasteiger partial charge on any atom is -0.363 e. The molecular formula is C17H25N3O. The molecule has 1 aromatic rings. The van der Waals surface area contributed by atoms with E-state index in [4.69, 9.17) is 0 Å². The van der Waals surface area contributed by atoms with E-state index < -0.39 is 0 Å². The highest BCUT2D eigenvalue weighted by molar-refractivity contribution is 5.95. The number of nitrogens with one attached hydrogen (secondary N) is 1. The van der Waals surface area contributed by atoms with Crippen LogP contribution in [0.3, 0.4) is 0 Å². The van der Waals surface area contributed by atoms with Gasteiger partial charge < -0.3 is 15.1 Å². The van der Waals surface area contributed by atoms with Gasteiger partial charge >= 0.3 is 0 Å². The van der Waals surface area contributed by atoms with Crippen molar-refractivity contribution in [1.82, 2.24) is 10.2 Å². The summed E-state index contributed by atoms with van der Waals surface area (Å²) in [6.07, 6.45) is 1.09. The molecule has 0 bridgehead atoms. The summed E-state index contributed by atoms with van der Waals surface area (Å²) in [7, 11) is 0. The van der Waals surface area contributed by atoms with Crippen LogP contribution in [0.5, 0.6) is 0 Å². The van der Waals surface area contributed by atoms with Crippen LogP contribution in [-0.2, 0) is 6.42 Å². The summed E-state index contributed by atoms with van der Waals surface area (Å²) in [4.78, 5) is 16.9. The van der Waals surface area contributed by atoms with Crippen molar-refractivity contribution in [3.63, 3.8) is 0 Å². The molecule has 0 radical (unpaired) electrons. The molecule has 114 valence electrons. The van der Waals surface area contributed by atoms with Gasteiger partial charge in [-0.2, -0.15) is 0 Å². The number of benzene rings is 1. The maximum Gasteiger partial charge on any atom is 0.253 e. The van der Waals surface area contributed by atoms with Crippen LogP contribution in [0, 0.1) is 0 Å². The Balaban J connectivity index is 1.92. The summed E-state index contributed by atoms with van der Waals surface area (Å²) >= 11 is 0. The Labute approximate surface area is 127 Å². The van der Waals surface area contributed by atoms with Gasteiger partial charge in [0.25, 0.3) is 5.91 Å². The van der Waals surface area contributed by atoms with Gasteiger partial charge in [0.15, 0.2) is 0 Å². The fraction of sp³-hybridized carbons (Fsp3) is 0.588. The molecule has 2 heterocycles. The number of amides is 1. The molecule has 0 aromatic heterocycles. The van der Waals surface area contributed by atoms with Crippen molar-refractivity contribution in [3.8, 4) is 0 Å². The number of rotatable bonds is 3. The van der Waals surface area contributed by atoms with E-state index >= 15 is 0 Å². The van der Waals surface area contributed by atoms with Gasteiger partial charge in [-0.15, -0.1) is 0 Å². The second-order valence-corrected chi connectivity index (χ2v) is 6.09. The summed E-state index contributed by atoms with van der Waals surface area (Å²) in [5.41, 5.74) is 3.47. The lowest BCUT2D eigenvalue weighted by molar-refractivity contribution is 0.0773. The zero-order valence-electron chi connectivity index (χ0n) is 13.2. The second-order valence-electron chi connectivity index (χ2n) is 6.09. The van der Waals surface area contributed by atoms with Gasteiger partial charge in [-0.3, -0.25) is 4.79 Å². The number of hydrogen-bond donors (Lipinski definition) is 1. The lowest BCUT2D eigenvalue weighted by atomic mass is 10.1. The van der Waals surface area contributed by atoms with Gasteiger partial charge in [-0.25, -0.2) is 0 Å². The fourth-order valence-electron chi connectivity index (χ4n) is 3.68. The first-order chi connectivity index (χ1) is 10.2. The Bertz CT molecular complexity index is 539. The quantitative estimate of drug-likeness (QED) is 0.922. The van der Waals surface area contributed by atoms with Crippen molar-refractivity contribution in [2.75, 3.05) is 31.1 Å². The molecule has 1 aromatic carbocycles. The molecule has 0 aliphatic carbocycles. The van der Waals surface area contributed by atoms with E-state index in [1.54, 1.807) is 0 Å². The van der Waals surface area contributed by atoms with Crippen molar-refractivity contribution in [2.24, 2.45) is 0 Å². The summed E-state index contributed by atoms with van der Waals surface area (Å²) in [5.74, 6) is 0.147. The molecule has 1 unspecified atom stereocenters. The van der Waals surface area contributed by atoms with Gasteiger partial charge in [0.1, 0.15) is 0 Å². The Kier molecular flexibility index (Phi) is 3.89. The van der Waals surface area contributed by atoms with Crippen LogP contribution in [-0.4, -0.2) is 49.1 Å². The Morgan fingerprint density at radius 3 is 2.81 bits per heavy atom. The lowest BCUT2D eigenvalue weighted by Crippen LogP contribution is -2.54. The third-order valence-corrected chi connectivity index (χ3v) is 4.80. The Morgan fingerprint density at radius 1 is 1.33 bits per heavy atom. The summed E-state index contributed by atoms with van der Waals surface area (Å²) in [6.45, 7) is 9.90. The molecule has 2 aliphatic heterocycles. The summed E-state index contributed by atoms with van der Waals surface area (Å²) in [5, 5.41) is 3.50. The van der Waals surface area contributed by atoms with Gasteiger partial charge in [-0.1, -0.05) is 6.07 Å². The summed E-state index contributed by atoms with van der Waals surface area (Å²) < 4.78 is 0. The minimum atomic E-state index is 0.147. The number of hydrogen-bond acceptors (Lipinski definition) is 3. The van der Waals surface area contributed by atoms with E-state index in [-0.39, 0.29) is 5.91 Å². The average molecular weight is 287 g/mol. The molecule has 1 amide bonds. The normalized spacial score (nSPS) is 23.7. The predicted octanol–water partition coefficient (Wildman–Crippen LogP) is 1.89. The number of carbonyl (C=O) groups is 1. The van der Waals surface area contributed by atoms with E-state index in [2.05, 4.69) is 29.3 Å². The zero-order valence-corrected chi connectivity index (χ0v) is 13.2. The van der Waals surface area contributed by atoms with E-state index in [9.17, 15) is 4.79 Å². The van der Waals surface area contributed by atoms with E-state index in [1.807, 2.05) is 24.8 Å². The maximum absolute atomic E-state index is 12.5. The Hall–Kier alpha value is -1.55. The van der Waals surface area contributed by atoms with Crippen LogP contribution in [0.4, 0.5) is 5.69 Å². The highest BCUT2D eigenvalue weighted by atomic mass is 16.2. The molecule has 1 fully saturated rings. The van der Waals surface area contributed by atoms with Gasteiger partial charge in [0.05, 0.1) is 0 Å². The number of anilines is 1. The molecule has 0 spiro atoms. The van der Waals surface area contributed by atoms with Crippen LogP contribution in [0.1, 0.15) is 36.7 Å². The maximum atomic E-state index is 12.5. The predicted molar refractivity (Wildman–Crippen MR) is 86.0 cm³/mol. The molecular weight excluding hydrogens is 262 g/mol. The topological polar surface area (TPSA) is 35.6 Å². The van der Waals surface area contributed by atoms with Crippen molar-refractivity contribution in [2.45, 2.75) is 39.3 Å². The van der Waals surface area contributed by atoms with Crippen molar-refractivity contribution in [1.29, 1.82) is 0 Å². The van der Waals surface area contributed by atoms with Crippen molar-refractivity contribution >= 4 is 11.6 Å². The van der Waals surface area contributed by atoms with Crippen LogP contribution in [0.2, 0.25) is 0 Å². The monoisotopic (exact) mass is 287 g/mol. The molecule has 1 N–H and O–H groups in total. The highest BCUT2D eigenvalue weighted by Gasteiger charge is 2.35. The van der Waals surface area contributed by atoms with Gasteiger partial charge in [0, 0.05) is 49.5 Å². The molecule has 2 atom stereocenters. The number of piperazine rings is 1. The van der Waals surface area contributed by atoms with E-state index in [0.29, 0.717) is 12.1 Å². The first kappa shape index (κ1) is 14.4. The van der Waals surface area contributed by atoms with Gasteiger partial charge in [-0.05, 0) is 44.9 Å². The number of carbonyl (C=O) groups excluding carboxylic acids is 1. The zero-order chi connectivity index (χ0) is 15.0. The van der Waals surface area contributed by atoms with E-state index in [0.717, 1.165) is 38.2 Å². The molecule has 4 nitrogen and oxygen atoms in total. The van der Waals surface area contributed by atoms with E-state index in [1.165, 1.54) is 11.3 Å². The first-order valence-electron chi connectivity index (χ1n) is 8.07. The third kappa shape index (κ3) is 2.42. The smallest absolute Gasteiger partial charge is 0.253 e. The largest absolute Gasteiger partial charge is 0.363 e. The van der Waals surface area contributed by atoms with Crippen LogP contribution >= 0.6 is 0 Å². The lowest BCUT2D eigenvalue weighted by Gasteiger charge is -2.38. The molecule has 2 aliphatic rings. The van der Waals surface area contributed by atoms with Crippen LogP contribution in [0.15, 0.2) is 18.2 Å². The SMILES string of the molecule is CCN(CC)C(=O)c1ccc2c(c1)N1C(C)CNC[C@H]1C2. The molecule has 1 saturated heterocycles. The van der Waals surface area contributed by atoms with Gasteiger partial charge in [0.2, 0.25) is 0 Å². The molecule has 0 saturated carbocycles. The third-order valence-electron chi connectivity index (χ3n) is 4.80. The molecule has 3 rings (SSSR count). The Morgan fingerprint density at radius 2 is 2.10 bits per heavy atom. The minimum absolute atomic E-state index is 0.147. The highest BCUT2D eigenvalue weighted by Crippen LogP contribution is 2.35. The molecule has 21 heavy (non-hydrogen) atoms. The van der Waals surface area contributed by atoms with Crippen molar-refractivity contribution < 1.29 is 4.79 Å². The average Bonchev–Trinajstić information content (AvgIpc) is 2.87. The molecule has 4 heteroatoms. The fourth-order valence-corrected chi connectivity index (χ4v) is 3.68. The van der Waals surface area contributed by atoms with Crippen molar-refractivity contribution in [3.05, 3.63) is 29.3 Å². The first-order valence-corrected chi connectivity index (χ1v) is 8.07. The standard InChI is InChI=1S/C17H25N3O/c1-4-19(5-2)17(21)14-7-6-13-8-15-11-18-10-12(3)20(15)16(13)9-14/h6-7,9,12,15,18H,4-5,8,10-11H2,1-3H3/t12?,15-/m1/s1. The number of fused-ring (bicyclic) bond motifs is 3. The van der Waals surface area contributed by atoms with Crippen LogP contribution < -0.4 is 10.2 Å². The van der Waals surface area contributed by atoms with Crippen LogP contribution in [0.25, 0.3) is 0 Å². The summed E-state index contributed by atoms with van der Waals surface area (Å²) in [6, 6.07) is 7.29.